The van der Waals surface area contributed by atoms with E-state index in [9.17, 15) is 13.6 Å². The molecule has 0 unspecified atom stereocenters. The van der Waals surface area contributed by atoms with Gasteiger partial charge in [-0.05, 0) is 22.0 Å². The van der Waals surface area contributed by atoms with Gasteiger partial charge in [-0.15, -0.1) is 0 Å². The summed E-state index contributed by atoms with van der Waals surface area (Å²) < 4.78 is 25.0. The van der Waals surface area contributed by atoms with E-state index in [1.807, 2.05) is 0 Å². The molecule has 1 heterocycles. The van der Waals surface area contributed by atoms with Crippen LogP contribution in [-0.2, 0) is 0 Å². The van der Waals surface area contributed by atoms with Crippen molar-refractivity contribution in [2.45, 2.75) is 6.43 Å². The first kappa shape index (κ1) is 11.5. The minimum Gasteiger partial charge on any atom is -0.476 e. The second-order valence-corrected chi connectivity index (χ2v) is 3.28. The molecule has 7 heteroatoms. The highest BCUT2D eigenvalue weighted by Gasteiger charge is 2.24. The van der Waals surface area contributed by atoms with Crippen LogP contribution in [0.4, 0.5) is 8.78 Å². The summed E-state index contributed by atoms with van der Waals surface area (Å²) in [6, 6.07) is 2.55. The van der Waals surface area contributed by atoms with Crippen LogP contribution in [0.25, 0.3) is 0 Å². The maximum absolute atomic E-state index is 12.5. The standard InChI is InChI=1S/C8H3BrF2N2O2/c9-4-1-3(2-12)5(7(10)11)6(13-4)8(14)15/h1,7H,(H,14,15). The van der Waals surface area contributed by atoms with Crippen molar-refractivity contribution >= 4 is 21.9 Å². The Labute approximate surface area is 91.3 Å². The second-order valence-electron chi connectivity index (χ2n) is 2.47. The first-order valence-electron chi connectivity index (χ1n) is 3.59. The Morgan fingerprint density at radius 1 is 1.67 bits per heavy atom. The van der Waals surface area contributed by atoms with Gasteiger partial charge in [-0.2, -0.15) is 5.26 Å². The zero-order chi connectivity index (χ0) is 11.6. The quantitative estimate of drug-likeness (QED) is 0.842. The van der Waals surface area contributed by atoms with Crippen molar-refractivity contribution in [1.82, 2.24) is 4.98 Å². The molecule has 0 saturated carbocycles. The van der Waals surface area contributed by atoms with Crippen molar-refractivity contribution in [3.63, 3.8) is 0 Å². The molecule has 78 valence electrons. The largest absolute Gasteiger partial charge is 0.476 e. The molecule has 1 N–H and O–H groups in total. The van der Waals surface area contributed by atoms with E-state index in [0.717, 1.165) is 6.07 Å². The zero-order valence-electron chi connectivity index (χ0n) is 7.04. The maximum Gasteiger partial charge on any atom is 0.355 e. The normalized spacial score (nSPS) is 10.1. The Kier molecular flexibility index (Phi) is 3.31. The van der Waals surface area contributed by atoms with Crippen molar-refractivity contribution in [3.8, 4) is 6.07 Å². The molecule has 0 amide bonds. The van der Waals surface area contributed by atoms with Crippen molar-refractivity contribution in [2.75, 3.05) is 0 Å². The number of rotatable bonds is 2. The number of hydrogen-bond donors (Lipinski definition) is 1. The van der Waals surface area contributed by atoms with Crippen LogP contribution < -0.4 is 0 Å². The number of aromatic nitrogens is 1. The molecule has 0 bridgehead atoms. The first-order chi connectivity index (χ1) is 6.97. The molecule has 0 aliphatic carbocycles. The summed E-state index contributed by atoms with van der Waals surface area (Å²) in [5.74, 6) is -1.59. The minimum atomic E-state index is -3.05. The first-order valence-corrected chi connectivity index (χ1v) is 4.38. The highest BCUT2D eigenvalue weighted by atomic mass is 79.9. The van der Waals surface area contributed by atoms with Crippen molar-refractivity contribution in [3.05, 3.63) is 27.5 Å². The molecule has 0 saturated heterocycles. The van der Waals surface area contributed by atoms with Crippen LogP contribution in [0.2, 0.25) is 0 Å². The number of alkyl halides is 2. The summed E-state index contributed by atoms with van der Waals surface area (Å²) in [4.78, 5) is 14.0. The predicted molar refractivity (Wildman–Crippen MR) is 48.6 cm³/mol. The lowest BCUT2D eigenvalue weighted by Gasteiger charge is -2.06. The third-order valence-electron chi connectivity index (χ3n) is 1.57. The molecule has 1 rings (SSSR count). The minimum absolute atomic E-state index is 0.0286. The molecular formula is C8H3BrF2N2O2. The molecule has 0 fully saturated rings. The van der Waals surface area contributed by atoms with E-state index in [-0.39, 0.29) is 4.60 Å². The van der Waals surface area contributed by atoms with E-state index in [1.165, 1.54) is 6.07 Å². The lowest BCUT2D eigenvalue weighted by Crippen LogP contribution is -2.08. The Hall–Kier alpha value is -1.55. The Balaban J connectivity index is 3.56. The van der Waals surface area contributed by atoms with Crippen molar-refractivity contribution in [2.24, 2.45) is 0 Å². The maximum atomic E-state index is 12.5. The number of carboxylic acid groups (broad SMARTS) is 1. The number of aromatic carboxylic acids is 1. The van der Waals surface area contributed by atoms with E-state index in [1.54, 1.807) is 0 Å². The van der Waals surface area contributed by atoms with Crippen LogP contribution in [0.1, 0.15) is 28.0 Å². The molecule has 15 heavy (non-hydrogen) atoms. The SMILES string of the molecule is N#Cc1cc(Br)nc(C(=O)O)c1C(F)F. The van der Waals surface area contributed by atoms with Crippen LogP contribution in [0, 0.1) is 11.3 Å². The highest BCUT2D eigenvalue weighted by molar-refractivity contribution is 9.10. The average molecular weight is 277 g/mol. The van der Waals surface area contributed by atoms with Gasteiger partial charge < -0.3 is 5.11 Å². The second kappa shape index (κ2) is 4.31. The number of carbonyl (C=O) groups is 1. The lowest BCUT2D eigenvalue weighted by molar-refractivity contribution is 0.0676. The number of carboxylic acids is 1. The number of hydrogen-bond acceptors (Lipinski definition) is 3. The molecule has 0 radical (unpaired) electrons. The fraction of sp³-hybridized carbons (Fsp3) is 0.125. The summed E-state index contributed by atoms with van der Waals surface area (Å²) in [5, 5.41) is 17.2. The van der Waals surface area contributed by atoms with E-state index >= 15 is 0 Å². The van der Waals surface area contributed by atoms with Crippen LogP contribution in [0.3, 0.4) is 0 Å². The fourth-order valence-electron chi connectivity index (χ4n) is 1.00. The molecule has 0 aromatic carbocycles. The van der Waals surface area contributed by atoms with Crippen LogP contribution in [-0.4, -0.2) is 16.1 Å². The van der Waals surface area contributed by atoms with Gasteiger partial charge in [0.05, 0.1) is 17.2 Å². The van der Waals surface area contributed by atoms with E-state index in [2.05, 4.69) is 20.9 Å². The summed E-state index contributed by atoms with van der Waals surface area (Å²) >= 11 is 2.83. The molecule has 4 nitrogen and oxygen atoms in total. The zero-order valence-corrected chi connectivity index (χ0v) is 8.62. The van der Waals surface area contributed by atoms with E-state index in [0.29, 0.717) is 0 Å². The van der Waals surface area contributed by atoms with Gasteiger partial charge in [0.15, 0.2) is 5.69 Å². The average Bonchev–Trinajstić information content (AvgIpc) is 2.15. The smallest absolute Gasteiger partial charge is 0.355 e. The topological polar surface area (TPSA) is 74.0 Å². The van der Waals surface area contributed by atoms with Gasteiger partial charge in [0, 0.05) is 0 Å². The number of nitriles is 1. The molecule has 0 spiro atoms. The van der Waals surface area contributed by atoms with Crippen LogP contribution in [0.15, 0.2) is 10.7 Å². The van der Waals surface area contributed by atoms with Crippen molar-refractivity contribution < 1.29 is 18.7 Å². The molecule has 0 aliphatic rings. The number of pyridine rings is 1. The third kappa shape index (κ3) is 2.27. The molecule has 0 atom stereocenters. The highest BCUT2D eigenvalue weighted by Crippen LogP contribution is 2.27. The summed E-state index contributed by atoms with van der Waals surface area (Å²) in [5.41, 5.74) is -2.06. The van der Waals surface area contributed by atoms with Gasteiger partial charge in [-0.25, -0.2) is 18.6 Å². The number of nitrogens with zero attached hydrogens (tertiary/aromatic N) is 2. The van der Waals surface area contributed by atoms with Gasteiger partial charge in [0.2, 0.25) is 0 Å². The molecular weight excluding hydrogens is 274 g/mol. The van der Waals surface area contributed by atoms with Gasteiger partial charge >= 0.3 is 5.97 Å². The van der Waals surface area contributed by atoms with Gasteiger partial charge in [-0.1, -0.05) is 0 Å². The van der Waals surface area contributed by atoms with Gasteiger partial charge in [0.25, 0.3) is 6.43 Å². The van der Waals surface area contributed by atoms with E-state index in [4.69, 9.17) is 10.4 Å². The Morgan fingerprint density at radius 3 is 2.67 bits per heavy atom. The third-order valence-corrected chi connectivity index (χ3v) is 1.97. The summed E-state index contributed by atoms with van der Waals surface area (Å²) in [6.07, 6.45) is -3.05. The Bertz CT molecular complexity index is 457. The molecule has 1 aromatic rings. The molecule has 1 aromatic heterocycles. The number of halogens is 3. The van der Waals surface area contributed by atoms with Crippen LogP contribution in [0.5, 0.6) is 0 Å². The predicted octanol–water partition coefficient (Wildman–Crippen LogP) is 2.35. The lowest BCUT2D eigenvalue weighted by atomic mass is 10.1. The summed E-state index contributed by atoms with van der Waals surface area (Å²) in [6.45, 7) is 0. The fourth-order valence-corrected chi connectivity index (χ4v) is 1.41. The Morgan fingerprint density at radius 2 is 2.27 bits per heavy atom. The van der Waals surface area contributed by atoms with Gasteiger partial charge in [-0.3, -0.25) is 0 Å². The van der Waals surface area contributed by atoms with Crippen LogP contribution >= 0.6 is 15.9 Å². The monoisotopic (exact) mass is 276 g/mol. The van der Waals surface area contributed by atoms with Gasteiger partial charge in [0.1, 0.15) is 4.60 Å². The summed E-state index contributed by atoms with van der Waals surface area (Å²) in [7, 11) is 0. The molecule has 0 aliphatic heterocycles. The van der Waals surface area contributed by atoms with E-state index < -0.39 is 29.2 Å². The van der Waals surface area contributed by atoms with Crippen molar-refractivity contribution in [1.29, 1.82) is 5.26 Å².